The van der Waals surface area contributed by atoms with Gasteiger partial charge >= 0.3 is 0 Å². The first-order valence-corrected chi connectivity index (χ1v) is 8.37. The predicted molar refractivity (Wildman–Crippen MR) is 86.3 cm³/mol. The van der Waals surface area contributed by atoms with Crippen LogP contribution in [0.25, 0.3) is 0 Å². The molecule has 2 aliphatic rings. The molecule has 1 aromatic carbocycles. The summed E-state index contributed by atoms with van der Waals surface area (Å²) in [7, 11) is 0. The monoisotopic (exact) mass is 288 g/mol. The van der Waals surface area contributed by atoms with Gasteiger partial charge in [-0.2, -0.15) is 0 Å². The van der Waals surface area contributed by atoms with Crippen LogP contribution in [0.2, 0.25) is 0 Å². The van der Waals surface area contributed by atoms with Crippen LogP contribution in [0.4, 0.5) is 0 Å². The minimum absolute atomic E-state index is 0.416. The highest BCUT2D eigenvalue weighted by Crippen LogP contribution is 2.30. The Morgan fingerprint density at radius 2 is 2.19 bits per heavy atom. The van der Waals surface area contributed by atoms with E-state index >= 15 is 0 Å². The Kier molecular flexibility index (Phi) is 4.94. The minimum atomic E-state index is 0.416. The van der Waals surface area contributed by atoms with Crippen LogP contribution in [0.1, 0.15) is 43.9 Å². The van der Waals surface area contributed by atoms with Crippen molar-refractivity contribution in [2.75, 3.05) is 26.2 Å². The van der Waals surface area contributed by atoms with Crippen molar-refractivity contribution in [3.05, 3.63) is 35.4 Å². The third-order valence-electron chi connectivity index (χ3n) is 4.61. The maximum absolute atomic E-state index is 5.87. The molecule has 2 unspecified atom stereocenters. The van der Waals surface area contributed by atoms with E-state index in [0.29, 0.717) is 18.0 Å². The second-order valence-electron chi connectivity index (χ2n) is 6.87. The van der Waals surface area contributed by atoms with Gasteiger partial charge in [0.15, 0.2) is 0 Å². The fraction of sp³-hybridized carbons (Fsp3) is 0.667. The zero-order valence-corrected chi connectivity index (χ0v) is 13.3. The van der Waals surface area contributed by atoms with Crippen molar-refractivity contribution in [2.24, 2.45) is 5.92 Å². The number of benzene rings is 1. The summed E-state index contributed by atoms with van der Waals surface area (Å²) < 4.78 is 5.87. The normalized spacial score (nSPS) is 25.5. The van der Waals surface area contributed by atoms with Gasteiger partial charge in [-0.15, -0.1) is 0 Å². The molecule has 2 aliphatic heterocycles. The zero-order valence-electron chi connectivity index (χ0n) is 13.3. The van der Waals surface area contributed by atoms with Crippen LogP contribution in [0, 0.1) is 5.92 Å². The molecule has 0 bridgehead atoms. The van der Waals surface area contributed by atoms with Crippen molar-refractivity contribution in [3.63, 3.8) is 0 Å². The molecule has 0 radical (unpaired) electrons. The predicted octanol–water partition coefficient (Wildman–Crippen LogP) is 2.97. The van der Waals surface area contributed by atoms with Gasteiger partial charge in [0.25, 0.3) is 0 Å². The van der Waals surface area contributed by atoms with E-state index in [4.69, 9.17) is 4.74 Å². The molecular formula is C18H28N2O. The van der Waals surface area contributed by atoms with Crippen molar-refractivity contribution in [1.82, 2.24) is 10.2 Å². The molecule has 2 atom stereocenters. The number of hydrogen-bond donors (Lipinski definition) is 1. The van der Waals surface area contributed by atoms with Crippen LogP contribution < -0.4 is 5.32 Å². The molecule has 0 saturated carbocycles. The minimum Gasteiger partial charge on any atom is -0.375 e. The molecule has 1 N–H and O–H groups in total. The van der Waals surface area contributed by atoms with Crippen molar-refractivity contribution in [1.29, 1.82) is 0 Å². The number of hydrogen-bond acceptors (Lipinski definition) is 3. The summed E-state index contributed by atoms with van der Waals surface area (Å²) in [6.45, 7) is 9.68. The molecular weight excluding hydrogens is 260 g/mol. The smallest absolute Gasteiger partial charge is 0.0721 e. The number of ether oxygens (including phenoxy) is 1. The second-order valence-corrected chi connectivity index (χ2v) is 6.87. The Hall–Kier alpha value is -0.900. The van der Waals surface area contributed by atoms with Gasteiger partial charge in [-0.1, -0.05) is 38.1 Å². The van der Waals surface area contributed by atoms with Gasteiger partial charge in [0, 0.05) is 19.1 Å². The molecule has 3 nitrogen and oxygen atoms in total. The highest BCUT2D eigenvalue weighted by molar-refractivity contribution is 5.31. The van der Waals surface area contributed by atoms with Crippen LogP contribution in [-0.4, -0.2) is 37.2 Å². The Labute approximate surface area is 128 Å². The molecule has 21 heavy (non-hydrogen) atoms. The summed E-state index contributed by atoms with van der Waals surface area (Å²) in [4.78, 5) is 2.64. The van der Waals surface area contributed by atoms with E-state index in [-0.39, 0.29) is 0 Å². The molecule has 3 rings (SSSR count). The second kappa shape index (κ2) is 6.91. The van der Waals surface area contributed by atoms with Crippen molar-refractivity contribution >= 4 is 0 Å². The summed E-state index contributed by atoms with van der Waals surface area (Å²) in [6.07, 6.45) is 2.63. The molecule has 3 heteroatoms. The molecule has 0 aromatic heterocycles. The standard InChI is InChI=1S/C18H28N2O/c1-14(2)10-20(11-16-7-5-9-19-16)18-13-21-12-15-6-3-4-8-17(15)18/h3-4,6,8,14,16,18-19H,5,7,9-13H2,1-2H3. The van der Waals surface area contributed by atoms with E-state index in [0.717, 1.165) is 26.3 Å². The summed E-state index contributed by atoms with van der Waals surface area (Å²) in [5, 5.41) is 3.64. The van der Waals surface area contributed by atoms with Crippen LogP contribution in [0.5, 0.6) is 0 Å². The summed E-state index contributed by atoms with van der Waals surface area (Å²) >= 11 is 0. The molecule has 2 heterocycles. The van der Waals surface area contributed by atoms with Crippen LogP contribution in [0.3, 0.4) is 0 Å². The largest absolute Gasteiger partial charge is 0.375 e. The van der Waals surface area contributed by atoms with Gasteiger partial charge in [0.2, 0.25) is 0 Å². The quantitative estimate of drug-likeness (QED) is 0.901. The lowest BCUT2D eigenvalue weighted by molar-refractivity contribution is 0.0245. The lowest BCUT2D eigenvalue weighted by atomic mass is 9.96. The molecule has 116 valence electrons. The van der Waals surface area contributed by atoms with E-state index in [1.165, 1.54) is 30.5 Å². The molecule has 0 amide bonds. The summed E-state index contributed by atoms with van der Waals surface area (Å²) in [6, 6.07) is 9.85. The fourth-order valence-corrected chi connectivity index (χ4v) is 3.66. The number of nitrogens with zero attached hydrogens (tertiary/aromatic N) is 1. The van der Waals surface area contributed by atoms with E-state index in [1.54, 1.807) is 0 Å². The van der Waals surface area contributed by atoms with E-state index in [9.17, 15) is 0 Å². The van der Waals surface area contributed by atoms with E-state index in [1.807, 2.05) is 0 Å². The van der Waals surface area contributed by atoms with Gasteiger partial charge in [0.1, 0.15) is 0 Å². The average molecular weight is 288 g/mol. The van der Waals surface area contributed by atoms with Gasteiger partial charge in [-0.25, -0.2) is 0 Å². The third-order valence-corrected chi connectivity index (χ3v) is 4.61. The maximum atomic E-state index is 5.87. The topological polar surface area (TPSA) is 24.5 Å². The fourth-order valence-electron chi connectivity index (χ4n) is 3.66. The molecule has 0 aliphatic carbocycles. The van der Waals surface area contributed by atoms with Crippen LogP contribution in [0.15, 0.2) is 24.3 Å². The van der Waals surface area contributed by atoms with Crippen LogP contribution >= 0.6 is 0 Å². The number of fused-ring (bicyclic) bond motifs is 1. The summed E-state index contributed by atoms with van der Waals surface area (Å²) in [5.74, 6) is 0.681. The number of rotatable bonds is 5. The summed E-state index contributed by atoms with van der Waals surface area (Å²) in [5.41, 5.74) is 2.84. The SMILES string of the molecule is CC(C)CN(CC1CCCN1)C1COCc2ccccc21. The highest BCUT2D eigenvalue weighted by atomic mass is 16.5. The molecule has 1 saturated heterocycles. The van der Waals surface area contributed by atoms with Gasteiger partial charge in [0.05, 0.1) is 19.3 Å². The lowest BCUT2D eigenvalue weighted by Gasteiger charge is -2.38. The van der Waals surface area contributed by atoms with Gasteiger partial charge < -0.3 is 10.1 Å². The number of nitrogens with one attached hydrogen (secondary N) is 1. The molecule has 1 aromatic rings. The first-order valence-electron chi connectivity index (χ1n) is 8.37. The van der Waals surface area contributed by atoms with E-state index in [2.05, 4.69) is 48.3 Å². The van der Waals surface area contributed by atoms with Crippen LogP contribution in [-0.2, 0) is 11.3 Å². The van der Waals surface area contributed by atoms with Crippen molar-refractivity contribution in [2.45, 2.75) is 45.4 Å². The molecule has 1 fully saturated rings. The maximum Gasteiger partial charge on any atom is 0.0721 e. The Balaban J connectivity index is 1.78. The van der Waals surface area contributed by atoms with E-state index < -0.39 is 0 Å². The molecule has 0 spiro atoms. The zero-order chi connectivity index (χ0) is 14.7. The van der Waals surface area contributed by atoms with Gasteiger partial charge in [-0.3, -0.25) is 4.90 Å². The van der Waals surface area contributed by atoms with Gasteiger partial charge in [-0.05, 0) is 36.4 Å². The Morgan fingerprint density at radius 1 is 1.33 bits per heavy atom. The average Bonchev–Trinajstić information content (AvgIpc) is 2.98. The van der Waals surface area contributed by atoms with Crippen molar-refractivity contribution < 1.29 is 4.74 Å². The Morgan fingerprint density at radius 3 is 2.95 bits per heavy atom. The third kappa shape index (κ3) is 3.65. The first kappa shape index (κ1) is 15.0. The first-order chi connectivity index (χ1) is 10.2. The lowest BCUT2D eigenvalue weighted by Crippen LogP contribution is -2.43. The highest BCUT2D eigenvalue weighted by Gasteiger charge is 2.29. The Bertz CT molecular complexity index is 454. The van der Waals surface area contributed by atoms with Crippen molar-refractivity contribution in [3.8, 4) is 0 Å².